The number of fused-ring (bicyclic) bond motifs is 2. The van der Waals surface area contributed by atoms with E-state index in [-0.39, 0.29) is 0 Å². The Hall–Kier alpha value is -3.08. The first kappa shape index (κ1) is 25.5. The Kier molecular flexibility index (Phi) is 7.86. The summed E-state index contributed by atoms with van der Waals surface area (Å²) in [6.45, 7) is 3.89. The van der Waals surface area contributed by atoms with Crippen LogP contribution >= 0.6 is 0 Å². The number of ether oxygens (including phenoxy) is 3. The van der Waals surface area contributed by atoms with E-state index in [1.807, 2.05) is 0 Å². The van der Waals surface area contributed by atoms with E-state index in [0.29, 0.717) is 17.7 Å². The number of nitrogens with one attached hydrogen (secondary N) is 1. The summed E-state index contributed by atoms with van der Waals surface area (Å²) in [5.41, 5.74) is -3.12. The standard InChI is InChI=1S/C27H34N4O3/c1-4-5-6-7-8-9-10-11-16-22-26(17-28,18-29)27(19-30)23(25(2,33-22)34-24(27)31)20-14-12-13-15-21(20)32-3/h12-15,22-23,31H,4-11,16H2,1-3H3. The van der Waals surface area contributed by atoms with E-state index in [0.717, 1.165) is 25.7 Å². The van der Waals surface area contributed by atoms with Gasteiger partial charge in [0.1, 0.15) is 5.75 Å². The third-order valence-corrected chi connectivity index (χ3v) is 7.40. The number of para-hydroxylation sites is 1. The molecular formula is C27H34N4O3. The van der Waals surface area contributed by atoms with E-state index in [1.54, 1.807) is 31.2 Å². The summed E-state index contributed by atoms with van der Waals surface area (Å²) in [5, 5.41) is 39.9. The molecule has 2 saturated heterocycles. The molecule has 0 saturated carbocycles. The molecule has 7 nitrogen and oxygen atoms in total. The lowest BCUT2D eigenvalue weighted by atomic mass is 9.52. The maximum absolute atomic E-state index is 10.5. The third kappa shape index (κ3) is 3.91. The number of hydrogen-bond donors (Lipinski definition) is 1. The molecule has 0 radical (unpaired) electrons. The molecule has 0 aliphatic carbocycles. The summed E-state index contributed by atoms with van der Waals surface area (Å²) >= 11 is 0. The summed E-state index contributed by atoms with van der Waals surface area (Å²) in [6, 6.07) is 13.6. The highest BCUT2D eigenvalue weighted by molar-refractivity contribution is 5.90. The molecule has 3 rings (SSSR count). The van der Waals surface area contributed by atoms with Crippen molar-refractivity contribution in [2.75, 3.05) is 7.11 Å². The Morgan fingerprint density at radius 2 is 1.59 bits per heavy atom. The number of nitriles is 3. The van der Waals surface area contributed by atoms with Gasteiger partial charge in [-0.2, -0.15) is 15.8 Å². The number of nitrogens with zero attached hydrogens (tertiary/aromatic N) is 3. The molecule has 0 spiro atoms. The smallest absolute Gasteiger partial charge is 0.218 e. The molecule has 2 fully saturated rings. The van der Waals surface area contributed by atoms with E-state index in [9.17, 15) is 15.8 Å². The van der Waals surface area contributed by atoms with Crippen molar-refractivity contribution in [3.8, 4) is 24.0 Å². The van der Waals surface area contributed by atoms with Gasteiger partial charge in [-0.3, -0.25) is 5.41 Å². The fraction of sp³-hybridized carbons (Fsp3) is 0.630. The molecule has 4 unspecified atom stereocenters. The van der Waals surface area contributed by atoms with E-state index in [1.165, 1.54) is 32.8 Å². The predicted molar refractivity (Wildman–Crippen MR) is 127 cm³/mol. The first-order valence-electron chi connectivity index (χ1n) is 12.2. The average Bonchev–Trinajstić information content (AvgIpc) is 3.03. The van der Waals surface area contributed by atoms with E-state index >= 15 is 0 Å². The molecule has 1 N–H and O–H groups in total. The maximum Gasteiger partial charge on any atom is 0.218 e. The van der Waals surface area contributed by atoms with Gasteiger partial charge in [0.15, 0.2) is 10.8 Å². The van der Waals surface area contributed by atoms with Gasteiger partial charge in [0.05, 0.1) is 37.3 Å². The van der Waals surface area contributed by atoms with Crippen LogP contribution in [0.4, 0.5) is 0 Å². The van der Waals surface area contributed by atoms with Gasteiger partial charge in [-0.25, -0.2) is 0 Å². The quantitative estimate of drug-likeness (QED) is 0.404. The van der Waals surface area contributed by atoms with Crippen molar-refractivity contribution in [2.45, 2.75) is 89.4 Å². The second-order valence-corrected chi connectivity index (χ2v) is 9.44. The fourth-order valence-electron chi connectivity index (χ4n) is 5.70. The minimum atomic E-state index is -1.89. The zero-order chi connectivity index (χ0) is 24.8. The fourth-order valence-corrected chi connectivity index (χ4v) is 5.70. The first-order chi connectivity index (χ1) is 16.4. The van der Waals surface area contributed by atoms with Crippen LogP contribution in [0, 0.1) is 50.2 Å². The van der Waals surface area contributed by atoms with Crippen LogP contribution in [-0.4, -0.2) is 24.9 Å². The number of benzene rings is 1. The Labute approximate surface area is 202 Å². The second-order valence-electron chi connectivity index (χ2n) is 9.44. The van der Waals surface area contributed by atoms with Crippen molar-refractivity contribution in [3.05, 3.63) is 29.8 Å². The third-order valence-electron chi connectivity index (χ3n) is 7.40. The van der Waals surface area contributed by atoms with Crippen molar-refractivity contribution in [1.82, 2.24) is 0 Å². The molecule has 1 aromatic rings. The monoisotopic (exact) mass is 462 g/mol. The van der Waals surface area contributed by atoms with Crippen molar-refractivity contribution >= 4 is 5.90 Å². The lowest BCUT2D eigenvalue weighted by Crippen LogP contribution is -2.60. The normalized spacial score (nSPS) is 28.9. The number of hydrogen-bond acceptors (Lipinski definition) is 7. The van der Waals surface area contributed by atoms with Crippen LogP contribution in [0.15, 0.2) is 24.3 Å². The van der Waals surface area contributed by atoms with Crippen LogP contribution in [0.5, 0.6) is 5.75 Å². The Bertz CT molecular complexity index is 1010. The molecule has 2 aliphatic heterocycles. The van der Waals surface area contributed by atoms with Gasteiger partial charge in [-0.15, -0.1) is 0 Å². The van der Waals surface area contributed by atoms with E-state index in [4.69, 9.17) is 19.6 Å². The van der Waals surface area contributed by atoms with Gasteiger partial charge in [0.2, 0.25) is 11.7 Å². The van der Waals surface area contributed by atoms with Crippen LogP contribution in [0.3, 0.4) is 0 Å². The first-order valence-corrected chi connectivity index (χ1v) is 12.2. The molecule has 7 heteroatoms. The van der Waals surface area contributed by atoms with Gasteiger partial charge in [0, 0.05) is 12.5 Å². The van der Waals surface area contributed by atoms with Gasteiger partial charge in [0.25, 0.3) is 0 Å². The zero-order valence-corrected chi connectivity index (χ0v) is 20.4. The molecule has 180 valence electrons. The molecular weight excluding hydrogens is 428 g/mol. The lowest BCUT2D eigenvalue weighted by Gasteiger charge is -2.49. The van der Waals surface area contributed by atoms with Crippen LogP contribution in [0.1, 0.15) is 83.1 Å². The Balaban J connectivity index is 1.92. The summed E-state index contributed by atoms with van der Waals surface area (Å²) in [4.78, 5) is 0. The minimum Gasteiger partial charge on any atom is -0.496 e. The minimum absolute atomic E-state index is 0.394. The van der Waals surface area contributed by atoms with Gasteiger partial charge >= 0.3 is 0 Å². The highest BCUT2D eigenvalue weighted by Crippen LogP contribution is 2.67. The molecule has 0 amide bonds. The van der Waals surface area contributed by atoms with Crippen molar-refractivity contribution < 1.29 is 14.2 Å². The number of unbranched alkanes of at least 4 members (excludes halogenated alkanes) is 7. The Morgan fingerprint density at radius 3 is 2.18 bits per heavy atom. The van der Waals surface area contributed by atoms with Crippen LogP contribution in [0.2, 0.25) is 0 Å². The van der Waals surface area contributed by atoms with Crippen LogP contribution < -0.4 is 4.74 Å². The predicted octanol–water partition coefficient (Wildman–Crippen LogP) is 5.98. The van der Waals surface area contributed by atoms with Crippen LogP contribution in [0.25, 0.3) is 0 Å². The molecule has 2 aliphatic rings. The summed E-state index contributed by atoms with van der Waals surface area (Å²) in [5.74, 6) is -2.15. The van der Waals surface area contributed by atoms with Crippen molar-refractivity contribution in [1.29, 1.82) is 21.2 Å². The topological polar surface area (TPSA) is 123 Å². The SMILES string of the molecule is CCCCCCCCCCC1OC2(C)OC(=N)C(C#N)(C2c2ccccc2OC)C1(C#N)C#N. The largest absolute Gasteiger partial charge is 0.496 e. The molecule has 2 bridgehead atoms. The van der Waals surface area contributed by atoms with E-state index in [2.05, 4.69) is 25.1 Å². The van der Waals surface area contributed by atoms with Gasteiger partial charge < -0.3 is 14.2 Å². The zero-order valence-electron chi connectivity index (χ0n) is 20.4. The average molecular weight is 463 g/mol. The number of rotatable bonds is 11. The summed E-state index contributed by atoms with van der Waals surface area (Å²) < 4.78 is 17.8. The van der Waals surface area contributed by atoms with Crippen molar-refractivity contribution in [3.63, 3.8) is 0 Å². The van der Waals surface area contributed by atoms with Crippen molar-refractivity contribution in [2.24, 2.45) is 10.8 Å². The van der Waals surface area contributed by atoms with Gasteiger partial charge in [-0.1, -0.05) is 76.5 Å². The summed E-state index contributed by atoms with van der Waals surface area (Å²) in [7, 11) is 1.52. The second kappa shape index (κ2) is 10.5. The molecule has 2 heterocycles. The summed E-state index contributed by atoms with van der Waals surface area (Å²) in [6.07, 6.45) is 8.53. The lowest BCUT2D eigenvalue weighted by molar-refractivity contribution is -0.252. The Morgan fingerprint density at radius 1 is 0.971 bits per heavy atom. The number of methoxy groups -OCH3 is 1. The molecule has 34 heavy (non-hydrogen) atoms. The van der Waals surface area contributed by atoms with Crippen LogP contribution in [-0.2, 0) is 9.47 Å². The highest BCUT2D eigenvalue weighted by Gasteiger charge is 2.79. The van der Waals surface area contributed by atoms with E-state index < -0.39 is 34.5 Å². The highest BCUT2D eigenvalue weighted by atomic mass is 16.7. The maximum atomic E-state index is 10.5. The van der Waals surface area contributed by atoms with Gasteiger partial charge in [-0.05, 0) is 12.5 Å². The molecule has 4 atom stereocenters. The molecule has 1 aromatic carbocycles. The molecule has 0 aromatic heterocycles.